The van der Waals surface area contributed by atoms with Gasteiger partial charge in [0.1, 0.15) is 0 Å². The lowest BCUT2D eigenvalue weighted by atomic mass is 10.3. The molecular weight excluding hydrogens is 290 g/mol. The van der Waals surface area contributed by atoms with E-state index in [2.05, 4.69) is 5.10 Å². The normalized spacial score (nSPS) is 11.4. The minimum atomic E-state index is -0.987. The summed E-state index contributed by atoms with van der Waals surface area (Å²) in [7, 11) is 0. The van der Waals surface area contributed by atoms with Gasteiger partial charge in [-0.25, -0.2) is 14.3 Å². The van der Waals surface area contributed by atoms with Crippen molar-refractivity contribution in [3.05, 3.63) is 62.8 Å². The molecule has 3 aromatic heterocycles. The van der Waals surface area contributed by atoms with Gasteiger partial charge in [0.05, 0.1) is 6.54 Å². The van der Waals surface area contributed by atoms with Gasteiger partial charge in [-0.3, -0.25) is 4.40 Å². The molecule has 3 rings (SSSR count). The maximum absolute atomic E-state index is 12.1. The van der Waals surface area contributed by atoms with E-state index in [1.165, 1.54) is 26.5 Å². The van der Waals surface area contributed by atoms with Crippen molar-refractivity contribution < 1.29 is 9.90 Å². The summed E-state index contributed by atoms with van der Waals surface area (Å²) in [4.78, 5) is 23.5. The Morgan fingerprint density at radius 1 is 1.43 bits per heavy atom. The first-order chi connectivity index (χ1) is 10.1. The molecule has 1 N–H and O–H groups in total. The van der Waals surface area contributed by atoms with Crippen LogP contribution < -0.4 is 5.69 Å². The minimum absolute atomic E-state index is 0.193. The third-order valence-corrected chi connectivity index (χ3v) is 3.83. The van der Waals surface area contributed by atoms with Crippen molar-refractivity contribution in [2.45, 2.75) is 6.54 Å². The second-order valence-corrected chi connectivity index (χ2v) is 5.38. The monoisotopic (exact) mass is 301 g/mol. The Hall–Kier alpha value is -2.67. The number of carbonyl (C=O) groups is 1. The molecule has 0 aliphatic rings. The topological polar surface area (TPSA) is 76.6 Å². The third kappa shape index (κ3) is 2.77. The number of aromatic nitrogens is 3. The van der Waals surface area contributed by atoms with E-state index in [-0.39, 0.29) is 5.69 Å². The van der Waals surface area contributed by atoms with Gasteiger partial charge in [0.2, 0.25) is 0 Å². The Bertz CT molecular complexity index is 888. The molecule has 0 saturated heterocycles. The predicted molar refractivity (Wildman–Crippen MR) is 79.5 cm³/mol. The molecule has 0 aliphatic heterocycles. The van der Waals surface area contributed by atoms with E-state index in [9.17, 15) is 9.59 Å². The van der Waals surface area contributed by atoms with Crippen LogP contribution in [0.4, 0.5) is 0 Å². The number of pyridine rings is 1. The van der Waals surface area contributed by atoms with Crippen molar-refractivity contribution in [1.82, 2.24) is 14.2 Å². The summed E-state index contributed by atoms with van der Waals surface area (Å²) in [5.41, 5.74) is 1.21. The summed E-state index contributed by atoms with van der Waals surface area (Å²) in [6, 6.07) is 7.22. The minimum Gasteiger partial charge on any atom is -0.478 e. The highest BCUT2D eigenvalue weighted by molar-refractivity contribution is 7.10. The van der Waals surface area contributed by atoms with Gasteiger partial charge >= 0.3 is 11.7 Å². The number of hydrogen-bond donors (Lipinski definition) is 1. The molecule has 0 bridgehead atoms. The highest BCUT2D eigenvalue weighted by Gasteiger charge is 2.07. The molecule has 6 nitrogen and oxygen atoms in total. The number of thiophene rings is 1. The summed E-state index contributed by atoms with van der Waals surface area (Å²) in [5, 5.41) is 14.7. The summed E-state index contributed by atoms with van der Waals surface area (Å²) in [6.07, 6.45) is 4.29. The molecule has 7 heteroatoms. The fraction of sp³-hybridized carbons (Fsp3) is 0.0714. The van der Waals surface area contributed by atoms with Crippen molar-refractivity contribution in [3.63, 3.8) is 0 Å². The van der Waals surface area contributed by atoms with Crippen LogP contribution in [0.2, 0.25) is 0 Å². The quantitative estimate of drug-likeness (QED) is 0.744. The predicted octanol–water partition coefficient (Wildman–Crippen LogP) is 1.70. The second kappa shape index (κ2) is 5.37. The van der Waals surface area contributed by atoms with Crippen LogP contribution in [-0.4, -0.2) is 25.3 Å². The second-order valence-electron chi connectivity index (χ2n) is 4.39. The standard InChI is InChI=1S/C14H11N3O3S/c18-13(19)5-4-10-7-11(21-9-10)8-17-14(20)16-6-2-1-3-12(16)15-17/h1-7,9H,8H2,(H,18,19). The summed E-state index contributed by atoms with van der Waals surface area (Å²) < 4.78 is 2.88. The number of aliphatic carboxylic acids is 1. The highest BCUT2D eigenvalue weighted by Crippen LogP contribution is 2.16. The zero-order chi connectivity index (χ0) is 14.8. The SMILES string of the molecule is O=C(O)C=Cc1csc(Cn2nc3ccccn3c2=O)c1. The number of fused-ring (bicyclic) bond motifs is 1. The maximum atomic E-state index is 12.1. The van der Waals surface area contributed by atoms with Crippen molar-refractivity contribution >= 4 is 29.0 Å². The molecule has 0 atom stereocenters. The Morgan fingerprint density at radius 2 is 2.29 bits per heavy atom. The average Bonchev–Trinajstić information content (AvgIpc) is 3.03. The van der Waals surface area contributed by atoms with Gasteiger partial charge in [-0.15, -0.1) is 16.4 Å². The number of rotatable bonds is 4. The van der Waals surface area contributed by atoms with Crippen LogP contribution in [-0.2, 0) is 11.3 Å². The van der Waals surface area contributed by atoms with Crippen LogP contribution in [0, 0.1) is 0 Å². The van der Waals surface area contributed by atoms with E-state index in [0.717, 1.165) is 16.5 Å². The first-order valence-corrected chi connectivity index (χ1v) is 7.04. The van der Waals surface area contributed by atoms with Crippen molar-refractivity contribution in [1.29, 1.82) is 0 Å². The Morgan fingerprint density at radius 3 is 3.05 bits per heavy atom. The number of carboxylic acid groups (broad SMARTS) is 1. The molecule has 0 saturated carbocycles. The van der Waals surface area contributed by atoms with E-state index >= 15 is 0 Å². The lowest BCUT2D eigenvalue weighted by Crippen LogP contribution is -2.21. The van der Waals surface area contributed by atoms with E-state index < -0.39 is 5.97 Å². The van der Waals surface area contributed by atoms with Crippen LogP contribution in [0.3, 0.4) is 0 Å². The Kier molecular flexibility index (Phi) is 3.41. The van der Waals surface area contributed by atoms with Crippen LogP contribution in [0.15, 0.2) is 46.7 Å². The molecule has 0 aliphatic carbocycles. The molecule has 0 radical (unpaired) electrons. The first kappa shape index (κ1) is 13.3. The third-order valence-electron chi connectivity index (χ3n) is 2.89. The summed E-state index contributed by atoms with van der Waals surface area (Å²) in [6.45, 7) is 0.367. The number of hydrogen-bond acceptors (Lipinski definition) is 4. The summed E-state index contributed by atoms with van der Waals surface area (Å²) in [5.74, 6) is -0.987. The molecule has 0 unspecified atom stereocenters. The lowest BCUT2D eigenvalue weighted by molar-refractivity contribution is -0.131. The fourth-order valence-corrected chi connectivity index (χ4v) is 2.79. The number of nitrogens with zero attached hydrogens (tertiary/aromatic N) is 3. The largest absolute Gasteiger partial charge is 0.478 e. The van der Waals surface area contributed by atoms with Gasteiger partial charge < -0.3 is 5.11 Å². The molecular formula is C14H11N3O3S. The molecule has 0 spiro atoms. The molecule has 21 heavy (non-hydrogen) atoms. The van der Waals surface area contributed by atoms with Crippen molar-refractivity contribution in [2.75, 3.05) is 0 Å². The molecule has 3 aromatic rings. The molecule has 0 aromatic carbocycles. The van der Waals surface area contributed by atoms with Crippen molar-refractivity contribution in [3.8, 4) is 0 Å². The van der Waals surface area contributed by atoms with E-state index in [4.69, 9.17) is 5.11 Å². The smallest absolute Gasteiger partial charge is 0.350 e. The van der Waals surface area contributed by atoms with E-state index in [1.807, 2.05) is 17.5 Å². The highest BCUT2D eigenvalue weighted by atomic mass is 32.1. The lowest BCUT2D eigenvalue weighted by Gasteiger charge is -1.94. The van der Waals surface area contributed by atoms with Crippen molar-refractivity contribution in [2.24, 2.45) is 0 Å². The average molecular weight is 301 g/mol. The Labute approximate surface area is 123 Å². The fourth-order valence-electron chi connectivity index (χ4n) is 1.95. The molecule has 106 valence electrons. The van der Waals surface area contributed by atoms with Crippen LogP contribution in [0.5, 0.6) is 0 Å². The summed E-state index contributed by atoms with van der Waals surface area (Å²) >= 11 is 1.46. The van der Waals surface area contributed by atoms with E-state index in [0.29, 0.717) is 12.2 Å². The molecule has 3 heterocycles. The van der Waals surface area contributed by atoms with Crippen LogP contribution in [0.25, 0.3) is 11.7 Å². The molecule has 0 amide bonds. The van der Waals surface area contributed by atoms with Gasteiger partial charge in [0.15, 0.2) is 5.65 Å². The zero-order valence-electron chi connectivity index (χ0n) is 10.8. The first-order valence-electron chi connectivity index (χ1n) is 6.16. The zero-order valence-corrected chi connectivity index (χ0v) is 11.7. The van der Waals surface area contributed by atoms with Gasteiger partial charge in [-0.05, 0) is 35.2 Å². The van der Waals surface area contributed by atoms with E-state index in [1.54, 1.807) is 18.3 Å². The van der Waals surface area contributed by atoms with Gasteiger partial charge in [-0.1, -0.05) is 6.07 Å². The maximum Gasteiger partial charge on any atom is 0.350 e. The number of carboxylic acids is 1. The van der Waals surface area contributed by atoms with Crippen LogP contribution >= 0.6 is 11.3 Å². The van der Waals surface area contributed by atoms with Gasteiger partial charge in [0, 0.05) is 17.2 Å². The van der Waals surface area contributed by atoms with Gasteiger partial charge in [-0.2, -0.15) is 0 Å². The van der Waals surface area contributed by atoms with Gasteiger partial charge in [0.25, 0.3) is 0 Å². The molecule has 0 fully saturated rings. The van der Waals surface area contributed by atoms with Crippen LogP contribution in [0.1, 0.15) is 10.4 Å². The Balaban J connectivity index is 1.87.